The molecule has 0 fully saturated rings. The molecule has 0 aliphatic carbocycles. The highest BCUT2D eigenvalue weighted by Gasteiger charge is 2.16. The Morgan fingerprint density at radius 2 is 1.87 bits per heavy atom. The molecular formula is C28H30F2N7O7P. The van der Waals surface area contributed by atoms with Gasteiger partial charge in [-0.25, -0.2) is 23.3 Å². The minimum absolute atomic E-state index is 0.00265. The van der Waals surface area contributed by atoms with Crippen LogP contribution in [0.25, 0.3) is 10.9 Å². The highest BCUT2D eigenvalue weighted by atomic mass is 31.2. The zero-order chi connectivity index (χ0) is 32.4. The first kappa shape index (κ1) is 33.2. The first-order valence-corrected chi connectivity index (χ1v) is 14.9. The molecule has 0 bridgehead atoms. The Morgan fingerprint density at radius 1 is 1.09 bits per heavy atom. The van der Waals surface area contributed by atoms with Gasteiger partial charge in [-0.1, -0.05) is 5.92 Å². The van der Waals surface area contributed by atoms with Crippen LogP contribution in [0.3, 0.4) is 0 Å². The number of nitrogens with one attached hydrogen (secondary N) is 3. The van der Waals surface area contributed by atoms with Gasteiger partial charge in [0.15, 0.2) is 17.3 Å². The van der Waals surface area contributed by atoms with Gasteiger partial charge in [0.05, 0.1) is 38.8 Å². The van der Waals surface area contributed by atoms with E-state index in [1.807, 2.05) is 0 Å². The van der Waals surface area contributed by atoms with E-state index in [0.717, 1.165) is 12.1 Å². The van der Waals surface area contributed by atoms with E-state index in [9.17, 15) is 18.1 Å². The van der Waals surface area contributed by atoms with Crippen LogP contribution in [0, 0.1) is 24.0 Å². The number of anilines is 3. The highest BCUT2D eigenvalue weighted by molar-refractivity contribution is 7.46. The third-order valence-electron chi connectivity index (χ3n) is 6.15. The van der Waals surface area contributed by atoms with Crippen LogP contribution in [-0.4, -0.2) is 80.7 Å². The maximum absolute atomic E-state index is 13.4. The van der Waals surface area contributed by atoms with Gasteiger partial charge in [-0.15, -0.1) is 6.42 Å². The van der Waals surface area contributed by atoms with E-state index in [1.54, 1.807) is 23.1 Å². The number of hydrogen-bond donors (Lipinski definition) is 5. The number of methoxy groups -OCH3 is 1. The number of nitrogens with zero attached hydrogens (tertiary/aromatic N) is 4. The average Bonchev–Trinajstić information content (AvgIpc) is 3.40. The molecule has 0 saturated heterocycles. The number of phosphoric ester groups is 1. The summed E-state index contributed by atoms with van der Waals surface area (Å²) in [5.74, 6) is 2.02. The van der Waals surface area contributed by atoms with E-state index in [4.69, 9.17) is 25.7 Å². The van der Waals surface area contributed by atoms with Crippen LogP contribution in [-0.2, 0) is 20.3 Å². The summed E-state index contributed by atoms with van der Waals surface area (Å²) in [6.45, 7) is 1.13. The Kier molecular flexibility index (Phi) is 11.4. The first-order chi connectivity index (χ1) is 21.5. The number of terminal acetylenes is 1. The molecule has 2 aromatic carbocycles. The summed E-state index contributed by atoms with van der Waals surface area (Å²) < 4.78 is 53.7. The lowest BCUT2D eigenvalue weighted by molar-refractivity contribution is -0.115. The van der Waals surface area contributed by atoms with Gasteiger partial charge in [0.1, 0.15) is 23.8 Å². The van der Waals surface area contributed by atoms with Gasteiger partial charge < -0.3 is 29.9 Å². The molecule has 17 heteroatoms. The second kappa shape index (κ2) is 15.4. The molecule has 0 saturated carbocycles. The summed E-state index contributed by atoms with van der Waals surface area (Å²) >= 11 is 0. The quantitative estimate of drug-likeness (QED) is 0.0681. The molecule has 5 N–H and O–H groups in total. The van der Waals surface area contributed by atoms with Gasteiger partial charge in [0, 0.05) is 48.1 Å². The second-order valence-corrected chi connectivity index (χ2v) is 10.8. The van der Waals surface area contributed by atoms with Crippen molar-refractivity contribution < 1.29 is 41.9 Å². The number of phosphoric acid groups is 1. The molecule has 2 heterocycles. The molecule has 45 heavy (non-hydrogen) atoms. The minimum atomic E-state index is -4.55. The number of benzene rings is 2. The lowest BCUT2D eigenvalue weighted by Gasteiger charge is -2.20. The van der Waals surface area contributed by atoms with Gasteiger partial charge in [-0.05, 0) is 24.6 Å². The highest BCUT2D eigenvalue weighted by Crippen LogP contribution is 2.36. The molecule has 0 aliphatic heterocycles. The standard InChI is InChI=1S/C28H30F2N7O7P/c1-3-5-37(7-9-44-45(39,40)41)6-4-8-43-25-16-23-22(15-24(25)42-2)28(32-17-31-23)34-26-13-21(35-36-26)14-27(38)33-20-11-18(29)10-19(30)12-20/h1,10-13,15-17H,4-9,14H2,2H3,(H,33,38)(H2,39,40,41)(H2,31,32,34,35,36). The van der Waals surface area contributed by atoms with Gasteiger partial charge in [0.25, 0.3) is 0 Å². The lowest BCUT2D eigenvalue weighted by atomic mass is 10.2. The number of rotatable bonds is 16. The van der Waals surface area contributed by atoms with Crippen LogP contribution in [0.15, 0.2) is 42.7 Å². The van der Waals surface area contributed by atoms with Crippen molar-refractivity contribution in [2.24, 2.45) is 0 Å². The molecule has 2 aromatic heterocycles. The smallest absolute Gasteiger partial charge is 0.469 e. The number of amides is 1. The number of ether oxygens (including phenoxy) is 2. The molecule has 4 aromatic rings. The van der Waals surface area contributed by atoms with Gasteiger partial charge in [-0.3, -0.25) is 19.3 Å². The van der Waals surface area contributed by atoms with E-state index in [0.29, 0.717) is 58.8 Å². The zero-order valence-electron chi connectivity index (χ0n) is 24.0. The molecule has 4 rings (SSSR count). The summed E-state index contributed by atoms with van der Waals surface area (Å²) in [6.07, 6.45) is 7.17. The molecule has 0 radical (unpaired) electrons. The fourth-order valence-electron chi connectivity index (χ4n) is 4.24. The average molecular weight is 646 g/mol. The van der Waals surface area contributed by atoms with Crippen molar-refractivity contribution in [1.82, 2.24) is 25.1 Å². The Hall–Kier alpha value is -4.65. The largest absolute Gasteiger partial charge is 0.493 e. The Bertz CT molecular complexity index is 1710. The SMILES string of the molecule is C#CCN(CCCOc1cc2ncnc(Nc3cc(CC(=O)Nc4cc(F)cc(F)c4)[nH]n3)c2cc1OC)CCOP(=O)(O)O. The zero-order valence-corrected chi connectivity index (χ0v) is 24.9. The van der Waals surface area contributed by atoms with Gasteiger partial charge in [0.2, 0.25) is 5.91 Å². The van der Waals surface area contributed by atoms with Crippen LogP contribution < -0.4 is 20.1 Å². The van der Waals surface area contributed by atoms with Crippen LogP contribution in [0.4, 0.5) is 26.1 Å². The number of H-pyrrole nitrogens is 1. The Balaban J connectivity index is 1.36. The van der Waals surface area contributed by atoms with E-state index < -0.39 is 25.4 Å². The van der Waals surface area contributed by atoms with Crippen LogP contribution >= 0.6 is 7.82 Å². The van der Waals surface area contributed by atoms with Gasteiger partial charge in [-0.2, -0.15) is 5.10 Å². The first-order valence-electron chi connectivity index (χ1n) is 13.4. The van der Waals surface area contributed by atoms with Crippen LogP contribution in [0.5, 0.6) is 11.5 Å². The topological polar surface area (TPSA) is 184 Å². The number of halogens is 2. The number of aromatic nitrogens is 4. The summed E-state index contributed by atoms with van der Waals surface area (Å²) in [7, 11) is -3.06. The van der Waals surface area contributed by atoms with Crippen molar-refractivity contribution in [3.8, 4) is 23.8 Å². The number of carbonyl (C=O) groups excluding carboxylic acids is 1. The summed E-state index contributed by atoms with van der Waals surface area (Å²) in [4.78, 5) is 40.5. The fraction of sp³-hybridized carbons (Fsp3) is 0.286. The molecular weight excluding hydrogens is 615 g/mol. The molecule has 1 amide bonds. The third kappa shape index (κ3) is 10.2. The normalized spacial score (nSPS) is 11.4. The Morgan fingerprint density at radius 3 is 2.58 bits per heavy atom. The maximum Gasteiger partial charge on any atom is 0.469 e. The monoisotopic (exact) mass is 645 g/mol. The summed E-state index contributed by atoms with van der Waals surface area (Å²) in [6, 6.07) is 7.73. The summed E-state index contributed by atoms with van der Waals surface area (Å²) in [5, 5.41) is 13.0. The van der Waals surface area contributed by atoms with E-state index >= 15 is 0 Å². The maximum atomic E-state index is 13.4. The minimum Gasteiger partial charge on any atom is -0.493 e. The predicted molar refractivity (Wildman–Crippen MR) is 160 cm³/mol. The lowest BCUT2D eigenvalue weighted by Crippen LogP contribution is -2.29. The molecule has 0 atom stereocenters. The fourth-order valence-corrected chi connectivity index (χ4v) is 4.56. The van der Waals surface area contributed by atoms with Crippen LogP contribution in [0.2, 0.25) is 0 Å². The number of hydrogen-bond acceptors (Lipinski definition) is 10. The van der Waals surface area contributed by atoms with E-state index in [-0.39, 0.29) is 38.4 Å². The predicted octanol–water partition coefficient (Wildman–Crippen LogP) is 3.38. The van der Waals surface area contributed by atoms with Crippen molar-refractivity contribution in [1.29, 1.82) is 0 Å². The Labute approximate surface area is 256 Å². The van der Waals surface area contributed by atoms with Crippen molar-refractivity contribution in [3.63, 3.8) is 0 Å². The number of aromatic amines is 1. The van der Waals surface area contributed by atoms with Crippen molar-refractivity contribution >= 4 is 42.0 Å². The third-order valence-corrected chi connectivity index (χ3v) is 6.67. The molecule has 14 nitrogen and oxygen atoms in total. The van der Waals surface area contributed by atoms with E-state index in [2.05, 4.69) is 41.2 Å². The van der Waals surface area contributed by atoms with E-state index in [1.165, 1.54) is 13.4 Å². The van der Waals surface area contributed by atoms with Crippen LogP contribution in [0.1, 0.15) is 12.1 Å². The number of carbonyl (C=O) groups is 1. The molecule has 238 valence electrons. The van der Waals surface area contributed by atoms with Crippen molar-refractivity contribution in [3.05, 3.63) is 60.1 Å². The van der Waals surface area contributed by atoms with Crippen molar-refractivity contribution in [2.75, 3.05) is 50.6 Å². The summed E-state index contributed by atoms with van der Waals surface area (Å²) in [5.41, 5.74) is 0.982. The number of fused-ring (bicyclic) bond motifs is 1. The van der Waals surface area contributed by atoms with Crippen molar-refractivity contribution in [2.45, 2.75) is 12.8 Å². The second-order valence-electron chi connectivity index (χ2n) is 9.54. The molecule has 0 aliphatic rings. The molecule has 0 spiro atoms. The van der Waals surface area contributed by atoms with Gasteiger partial charge >= 0.3 is 7.82 Å². The molecule has 0 unspecified atom stereocenters.